The van der Waals surface area contributed by atoms with Crippen molar-refractivity contribution < 1.29 is 4.74 Å². The fraction of sp³-hybridized carbons (Fsp3) is 0.900. The van der Waals surface area contributed by atoms with Crippen LogP contribution in [0, 0.1) is 5.41 Å². The maximum Gasteiger partial charge on any atom is 0.156 e. The van der Waals surface area contributed by atoms with Crippen molar-refractivity contribution in [2.75, 3.05) is 26.3 Å². The molecule has 2 heterocycles. The molecular weight excluding hydrogens is 196 g/mol. The molecule has 2 rings (SSSR count). The second kappa shape index (κ2) is 4.11. The number of ether oxygens (including phenoxy) is 1. The zero-order valence-corrected chi connectivity index (χ0v) is 9.69. The highest BCUT2D eigenvalue weighted by molar-refractivity contribution is 8.14. The van der Waals surface area contributed by atoms with Crippen LogP contribution < -0.4 is 5.32 Å². The molecule has 0 aromatic rings. The molecule has 1 saturated heterocycles. The largest absolute Gasteiger partial charge is 0.380 e. The van der Waals surface area contributed by atoms with Gasteiger partial charge in [-0.1, -0.05) is 25.6 Å². The second-order valence-corrected chi connectivity index (χ2v) is 6.03. The van der Waals surface area contributed by atoms with Crippen molar-refractivity contribution in [3.05, 3.63) is 0 Å². The molecule has 4 heteroatoms. The minimum Gasteiger partial charge on any atom is -0.380 e. The molecule has 0 saturated carbocycles. The molecule has 14 heavy (non-hydrogen) atoms. The molecular formula is C10H18N2OS. The average Bonchev–Trinajstić information content (AvgIpc) is 2.61. The fourth-order valence-electron chi connectivity index (χ4n) is 1.56. The van der Waals surface area contributed by atoms with E-state index in [0.29, 0.717) is 10.7 Å². The summed E-state index contributed by atoms with van der Waals surface area (Å²) in [4.78, 5) is 4.56. The third kappa shape index (κ3) is 2.64. The molecule has 0 aliphatic carbocycles. The highest BCUT2D eigenvalue weighted by atomic mass is 32.2. The Labute approximate surface area is 89.7 Å². The smallest absolute Gasteiger partial charge is 0.156 e. The van der Waals surface area contributed by atoms with E-state index in [1.54, 1.807) is 0 Å². The molecule has 0 aromatic heterocycles. The minimum atomic E-state index is 0.316. The molecule has 80 valence electrons. The third-order valence-electron chi connectivity index (χ3n) is 2.54. The first-order valence-electron chi connectivity index (χ1n) is 5.18. The Balaban J connectivity index is 1.84. The van der Waals surface area contributed by atoms with Crippen molar-refractivity contribution >= 4 is 16.9 Å². The average molecular weight is 214 g/mol. The molecule has 2 aliphatic rings. The zero-order chi connectivity index (χ0) is 10.0. The van der Waals surface area contributed by atoms with Gasteiger partial charge in [0.15, 0.2) is 5.17 Å². The van der Waals surface area contributed by atoms with Crippen molar-refractivity contribution in [2.24, 2.45) is 10.4 Å². The van der Waals surface area contributed by atoms with Gasteiger partial charge in [-0.25, -0.2) is 0 Å². The standard InChI is InChI=1S/C10H18N2OS/c1-10(2)6-11-9(12-7-10)14-8-3-4-13-5-8/h8H,3-7H2,1-2H3,(H,11,12). The predicted molar refractivity (Wildman–Crippen MR) is 60.9 cm³/mol. The molecule has 1 N–H and O–H groups in total. The van der Waals surface area contributed by atoms with Crippen LogP contribution in [0.5, 0.6) is 0 Å². The van der Waals surface area contributed by atoms with E-state index in [-0.39, 0.29) is 0 Å². The lowest BCUT2D eigenvalue weighted by atomic mass is 9.93. The van der Waals surface area contributed by atoms with Crippen LogP contribution in [-0.2, 0) is 4.74 Å². The summed E-state index contributed by atoms with van der Waals surface area (Å²) < 4.78 is 5.34. The quantitative estimate of drug-likeness (QED) is 0.718. The molecule has 0 amide bonds. The van der Waals surface area contributed by atoms with E-state index in [9.17, 15) is 0 Å². The van der Waals surface area contributed by atoms with Gasteiger partial charge in [0, 0.05) is 30.4 Å². The monoisotopic (exact) mass is 214 g/mol. The predicted octanol–water partition coefficient (Wildman–Crippen LogP) is 1.49. The van der Waals surface area contributed by atoms with E-state index in [0.717, 1.165) is 37.9 Å². The second-order valence-electron chi connectivity index (χ2n) is 4.74. The van der Waals surface area contributed by atoms with Gasteiger partial charge >= 0.3 is 0 Å². The van der Waals surface area contributed by atoms with Gasteiger partial charge < -0.3 is 10.1 Å². The number of amidine groups is 1. The lowest BCUT2D eigenvalue weighted by Gasteiger charge is -2.29. The number of nitrogens with zero attached hydrogens (tertiary/aromatic N) is 1. The van der Waals surface area contributed by atoms with Crippen molar-refractivity contribution in [2.45, 2.75) is 25.5 Å². The van der Waals surface area contributed by atoms with Crippen LogP contribution in [0.15, 0.2) is 4.99 Å². The van der Waals surface area contributed by atoms with E-state index < -0.39 is 0 Å². The molecule has 0 spiro atoms. The van der Waals surface area contributed by atoms with Gasteiger partial charge in [0.1, 0.15) is 0 Å². The Morgan fingerprint density at radius 3 is 3.00 bits per heavy atom. The van der Waals surface area contributed by atoms with Gasteiger partial charge in [0.25, 0.3) is 0 Å². The first-order chi connectivity index (χ1) is 6.66. The number of rotatable bonds is 1. The number of aliphatic imine (C=N–C) groups is 1. The van der Waals surface area contributed by atoms with Crippen molar-refractivity contribution in [3.63, 3.8) is 0 Å². The van der Waals surface area contributed by atoms with Gasteiger partial charge in [-0.15, -0.1) is 0 Å². The van der Waals surface area contributed by atoms with Crippen LogP contribution >= 0.6 is 11.8 Å². The SMILES string of the molecule is CC1(C)CN=C(SC2CCOC2)NC1. The molecule has 0 bridgehead atoms. The van der Waals surface area contributed by atoms with Crippen molar-refractivity contribution in [3.8, 4) is 0 Å². The van der Waals surface area contributed by atoms with Crippen LogP contribution in [0.4, 0.5) is 0 Å². The van der Waals surface area contributed by atoms with Gasteiger partial charge in [-0.05, 0) is 6.42 Å². The summed E-state index contributed by atoms with van der Waals surface area (Å²) in [7, 11) is 0. The lowest BCUT2D eigenvalue weighted by Crippen LogP contribution is -2.40. The van der Waals surface area contributed by atoms with E-state index in [4.69, 9.17) is 4.74 Å². The number of thioether (sulfide) groups is 1. The topological polar surface area (TPSA) is 33.6 Å². The first-order valence-corrected chi connectivity index (χ1v) is 6.06. The van der Waals surface area contributed by atoms with Crippen LogP contribution in [0.1, 0.15) is 20.3 Å². The summed E-state index contributed by atoms with van der Waals surface area (Å²) >= 11 is 1.84. The summed E-state index contributed by atoms with van der Waals surface area (Å²) in [6.07, 6.45) is 1.16. The van der Waals surface area contributed by atoms with E-state index in [1.807, 2.05) is 11.8 Å². The third-order valence-corrected chi connectivity index (χ3v) is 3.74. The Kier molecular flexibility index (Phi) is 3.02. The molecule has 2 aliphatic heterocycles. The van der Waals surface area contributed by atoms with Crippen LogP contribution in [0.25, 0.3) is 0 Å². The highest BCUT2D eigenvalue weighted by Crippen LogP contribution is 2.25. The minimum absolute atomic E-state index is 0.316. The first kappa shape index (κ1) is 10.3. The van der Waals surface area contributed by atoms with Gasteiger partial charge in [0.2, 0.25) is 0 Å². The fourth-order valence-corrected chi connectivity index (χ4v) is 2.54. The summed E-state index contributed by atoms with van der Waals surface area (Å²) in [5, 5.41) is 5.12. The Hall–Kier alpha value is -0.220. The number of hydrogen-bond acceptors (Lipinski definition) is 4. The summed E-state index contributed by atoms with van der Waals surface area (Å²) in [5.41, 5.74) is 0.316. The molecule has 1 unspecified atom stereocenters. The molecule has 0 radical (unpaired) electrons. The highest BCUT2D eigenvalue weighted by Gasteiger charge is 2.25. The van der Waals surface area contributed by atoms with Crippen molar-refractivity contribution in [1.29, 1.82) is 0 Å². The molecule has 1 fully saturated rings. The van der Waals surface area contributed by atoms with Crippen molar-refractivity contribution in [1.82, 2.24) is 5.32 Å². The summed E-state index contributed by atoms with van der Waals surface area (Å²) in [6.45, 7) is 8.25. The normalized spacial score (nSPS) is 31.0. The number of hydrogen-bond donors (Lipinski definition) is 1. The van der Waals surface area contributed by atoms with Crippen LogP contribution in [0.3, 0.4) is 0 Å². The maximum absolute atomic E-state index is 5.34. The lowest BCUT2D eigenvalue weighted by molar-refractivity contribution is 0.199. The van der Waals surface area contributed by atoms with E-state index in [2.05, 4.69) is 24.2 Å². The van der Waals surface area contributed by atoms with Crippen LogP contribution in [0.2, 0.25) is 0 Å². The van der Waals surface area contributed by atoms with E-state index in [1.165, 1.54) is 0 Å². The molecule has 0 aromatic carbocycles. The molecule has 3 nitrogen and oxygen atoms in total. The van der Waals surface area contributed by atoms with E-state index >= 15 is 0 Å². The summed E-state index contributed by atoms with van der Waals surface area (Å²) in [6, 6.07) is 0. The van der Waals surface area contributed by atoms with Gasteiger partial charge in [-0.3, -0.25) is 4.99 Å². The maximum atomic E-state index is 5.34. The Morgan fingerprint density at radius 1 is 1.57 bits per heavy atom. The molecule has 1 atom stereocenters. The number of nitrogens with one attached hydrogen (secondary N) is 1. The zero-order valence-electron chi connectivity index (χ0n) is 8.88. The van der Waals surface area contributed by atoms with Gasteiger partial charge in [-0.2, -0.15) is 0 Å². The van der Waals surface area contributed by atoms with Crippen LogP contribution in [-0.4, -0.2) is 36.7 Å². The Bertz CT molecular complexity index is 234. The van der Waals surface area contributed by atoms with Gasteiger partial charge in [0.05, 0.1) is 6.61 Å². The summed E-state index contributed by atoms with van der Waals surface area (Å²) in [5.74, 6) is 0. The Morgan fingerprint density at radius 2 is 2.43 bits per heavy atom.